The quantitative estimate of drug-likeness (QED) is 0.367. The lowest BCUT2D eigenvalue weighted by Crippen LogP contribution is -2.39. The van der Waals surface area contributed by atoms with Crippen molar-refractivity contribution >= 4 is 29.0 Å². The van der Waals surface area contributed by atoms with Crippen LogP contribution in [0.5, 0.6) is 0 Å². The van der Waals surface area contributed by atoms with Crippen LogP contribution in [0.4, 0.5) is 11.4 Å². The van der Waals surface area contributed by atoms with Crippen molar-refractivity contribution in [3.05, 3.63) is 85.2 Å². The molecule has 0 unspecified atom stereocenters. The van der Waals surface area contributed by atoms with Gasteiger partial charge in [-0.25, -0.2) is 0 Å². The van der Waals surface area contributed by atoms with Gasteiger partial charge in [0.15, 0.2) is 0 Å². The molecule has 0 radical (unpaired) electrons. The zero-order chi connectivity index (χ0) is 19.9. The van der Waals surface area contributed by atoms with Crippen molar-refractivity contribution in [1.29, 1.82) is 0 Å². The standard InChI is InChI=1S/C21H17N5O2S/c27-19(15-29-21-24-23-20(28-21)16-11-13-22-14-12-16)25-26(17-7-3-1-4-8-17)18-9-5-2-6-10-18/h1-14H,15H2,(H,25,27). The van der Waals surface area contributed by atoms with E-state index in [0.717, 1.165) is 16.9 Å². The lowest BCUT2D eigenvalue weighted by molar-refractivity contribution is -0.118. The lowest BCUT2D eigenvalue weighted by atomic mass is 10.2. The van der Waals surface area contributed by atoms with Crippen LogP contribution in [0.2, 0.25) is 0 Å². The highest BCUT2D eigenvalue weighted by Crippen LogP contribution is 2.24. The average Bonchev–Trinajstić information content (AvgIpc) is 3.27. The molecule has 0 aliphatic carbocycles. The van der Waals surface area contributed by atoms with Gasteiger partial charge in [-0.3, -0.25) is 20.2 Å². The molecule has 0 spiro atoms. The molecule has 8 heteroatoms. The first-order chi connectivity index (χ1) is 14.3. The Morgan fingerprint density at radius 3 is 2.14 bits per heavy atom. The van der Waals surface area contributed by atoms with E-state index >= 15 is 0 Å². The van der Waals surface area contributed by atoms with E-state index in [9.17, 15) is 4.79 Å². The molecule has 0 atom stereocenters. The summed E-state index contributed by atoms with van der Waals surface area (Å²) in [6.45, 7) is 0. The van der Waals surface area contributed by atoms with Crippen molar-refractivity contribution < 1.29 is 9.21 Å². The normalized spacial score (nSPS) is 10.5. The summed E-state index contributed by atoms with van der Waals surface area (Å²) >= 11 is 1.18. The highest BCUT2D eigenvalue weighted by Gasteiger charge is 2.15. The number of carbonyl (C=O) groups is 1. The predicted octanol–water partition coefficient (Wildman–Crippen LogP) is 4.09. The molecule has 29 heavy (non-hydrogen) atoms. The Bertz CT molecular complexity index is 1020. The van der Waals surface area contributed by atoms with E-state index in [1.54, 1.807) is 29.5 Å². The second-order valence-corrected chi connectivity index (χ2v) is 6.87. The van der Waals surface area contributed by atoms with Gasteiger partial charge in [0.2, 0.25) is 11.8 Å². The first-order valence-corrected chi connectivity index (χ1v) is 9.84. The van der Waals surface area contributed by atoms with Crippen LogP contribution in [-0.2, 0) is 4.79 Å². The third-order valence-electron chi connectivity index (χ3n) is 3.93. The van der Waals surface area contributed by atoms with Crippen LogP contribution in [0.3, 0.4) is 0 Å². The molecule has 2 aromatic heterocycles. The number of hydrogen-bond acceptors (Lipinski definition) is 7. The molecule has 0 saturated heterocycles. The van der Waals surface area contributed by atoms with Crippen molar-refractivity contribution in [3.8, 4) is 11.5 Å². The highest BCUT2D eigenvalue weighted by atomic mass is 32.2. The number of amides is 1. The van der Waals surface area contributed by atoms with Gasteiger partial charge in [0.1, 0.15) is 0 Å². The smallest absolute Gasteiger partial charge is 0.277 e. The lowest BCUT2D eigenvalue weighted by Gasteiger charge is -2.25. The van der Waals surface area contributed by atoms with Gasteiger partial charge in [-0.1, -0.05) is 48.2 Å². The Kier molecular flexibility index (Phi) is 5.82. The minimum atomic E-state index is -0.189. The second kappa shape index (κ2) is 9.03. The topological polar surface area (TPSA) is 84.1 Å². The van der Waals surface area contributed by atoms with E-state index in [1.165, 1.54) is 11.8 Å². The Hall–Kier alpha value is -3.65. The third-order valence-corrected chi connectivity index (χ3v) is 4.74. The number of aromatic nitrogens is 3. The summed E-state index contributed by atoms with van der Waals surface area (Å²) in [4.78, 5) is 16.5. The molecule has 1 amide bonds. The van der Waals surface area contributed by atoms with Gasteiger partial charge in [-0.15, -0.1) is 10.2 Å². The van der Waals surface area contributed by atoms with Crippen LogP contribution >= 0.6 is 11.8 Å². The molecule has 4 aromatic rings. The fourth-order valence-corrected chi connectivity index (χ4v) is 3.15. The molecule has 0 aliphatic heterocycles. The van der Waals surface area contributed by atoms with Crippen LogP contribution in [0.25, 0.3) is 11.5 Å². The van der Waals surface area contributed by atoms with Gasteiger partial charge in [-0.05, 0) is 36.4 Å². The van der Waals surface area contributed by atoms with E-state index < -0.39 is 0 Å². The van der Waals surface area contributed by atoms with Crippen LogP contribution in [-0.4, -0.2) is 26.8 Å². The number of para-hydroxylation sites is 2. The molecule has 144 valence electrons. The van der Waals surface area contributed by atoms with E-state index in [0.29, 0.717) is 11.1 Å². The van der Waals surface area contributed by atoms with Crippen LogP contribution in [0.15, 0.2) is 94.8 Å². The Balaban J connectivity index is 1.42. The van der Waals surface area contributed by atoms with E-state index in [4.69, 9.17) is 4.42 Å². The van der Waals surface area contributed by atoms with E-state index in [-0.39, 0.29) is 11.7 Å². The number of hydrazine groups is 1. The van der Waals surface area contributed by atoms with Crippen molar-refractivity contribution in [1.82, 2.24) is 20.6 Å². The Labute approximate surface area is 171 Å². The van der Waals surface area contributed by atoms with E-state index in [1.807, 2.05) is 60.7 Å². The third kappa shape index (κ3) is 4.80. The van der Waals surface area contributed by atoms with Crippen molar-refractivity contribution in [2.24, 2.45) is 0 Å². The van der Waals surface area contributed by atoms with E-state index in [2.05, 4.69) is 20.6 Å². The summed E-state index contributed by atoms with van der Waals surface area (Å²) in [6.07, 6.45) is 3.31. The number of anilines is 2. The number of carbonyl (C=O) groups excluding carboxylic acids is 1. The summed E-state index contributed by atoms with van der Waals surface area (Å²) in [5, 5.41) is 10.1. The molecule has 0 fully saturated rings. The number of pyridine rings is 1. The summed E-state index contributed by atoms with van der Waals surface area (Å²) in [7, 11) is 0. The maximum absolute atomic E-state index is 12.6. The SMILES string of the molecule is O=C(CSc1nnc(-c2ccncc2)o1)NN(c1ccccc1)c1ccccc1. The molecular formula is C21H17N5O2S. The fraction of sp³-hybridized carbons (Fsp3) is 0.0476. The van der Waals surface area contributed by atoms with Crippen molar-refractivity contribution in [3.63, 3.8) is 0 Å². The van der Waals surface area contributed by atoms with Gasteiger partial charge in [0, 0.05) is 18.0 Å². The molecular weight excluding hydrogens is 386 g/mol. The maximum Gasteiger partial charge on any atom is 0.277 e. The largest absolute Gasteiger partial charge is 0.411 e. The summed E-state index contributed by atoms with van der Waals surface area (Å²) in [5.74, 6) is 0.339. The molecule has 7 nitrogen and oxygen atoms in total. The van der Waals surface area contributed by atoms with Gasteiger partial charge >= 0.3 is 0 Å². The number of hydrogen-bond donors (Lipinski definition) is 1. The first kappa shape index (κ1) is 18.7. The highest BCUT2D eigenvalue weighted by molar-refractivity contribution is 7.99. The van der Waals surface area contributed by atoms with Crippen LogP contribution < -0.4 is 10.4 Å². The molecule has 2 aromatic carbocycles. The number of nitrogens with one attached hydrogen (secondary N) is 1. The molecule has 2 heterocycles. The second-order valence-electron chi connectivity index (χ2n) is 5.94. The minimum Gasteiger partial charge on any atom is -0.411 e. The minimum absolute atomic E-state index is 0.133. The molecule has 1 N–H and O–H groups in total. The first-order valence-electron chi connectivity index (χ1n) is 8.86. The summed E-state index contributed by atoms with van der Waals surface area (Å²) in [6, 6.07) is 22.8. The van der Waals surface area contributed by atoms with Crippen molar-refractivity contribution in [2.45, 2.75) is 5.22 Å². The molecule has 0 bridgehead atoms. The predicted molar refractivity (Wildman–Crippen MR) is 111 cm³/mol. The Morgan fingerprint density at radius 1 is 0.897 bits per heavy atom. The number of nitrogens with zero attached hydrogens (tertiary/aromatic N) is 4. The van der Waals surface area contributed by atoms with Gasteiger partial charge in [-0.2, -0.15) is 0 Å². The molecule has 0 aliphatic rings. The van der Waals surface area contributed by atoms with Gasteiger partial charge in [0.25, 0.3) is 5.22 Å². The average molecular weight is 403 g/mol. The van der Waals surface area contributed by atoms with Crippen molar-refractivity contribution in [2.75, 3.05) is 10.8 Å². The number of rotatable bonds is 7. The number of thioether (sulfide) groups is 1. The van der Waals surface area contributed by atoms with Gasteiger partial charge in [0.05, 0.1) is 17.1 Å². The molecule has 0 saturated carbocycles. The zero-order valence-electron chi connectivity index (χ0n) is 15.3. The van der Waals surface area contributed by atoms with Gasteiger partial charge < -0.3 is 4.42 Å². The van der Waals surface area contributed by atoms with Crippen LogP contribution in [0, 0.1) is 0 Å². The summed E-state index contributed by atoms with van der Waals surface area (Å²) < 4.78 is 5.61. The number of benzene rings is 2. The monoisotopic (exact) mass is 403 g/mol. The zero-order valence-corrected chi connectivity index (χ0v) is 16.1. The summed E-state index contributed by atoms with van der Waals surface area (Å²) in [5.41, 5.74) is 5.43. The van der Waals surface area contributed by atoms with Crippen LogP contribution in [0.1, 0.15) is 0 Å². The maximum atomic E-state index is 12.6. The fourth-order valence-electron chi connectivity index (χ4n) is 2.60. The Morgan fingerprint density at radius 2 is 1.52 bits per heavy atom. The molecule has 4 rings (SSSR count).